The van der Waals surface area contributed by atoms with E-state index in [9.17, 15) is 8.63 Å². The van der Waals surface area contributed by atoms with Gasteiger partial charge in [-0.05, 0) is 12.1 Å². The molecule has 1 aromatic heterocycles. The number of aromatic nitrogens is 1. The summed E-state index contributed by atoms with van der Waals surface area (Å²) in [4.78, 5) is 3.34. The smallest absolute Gasteiger partial charge is 0.495 e. The van der Waals surface area contributed by atoms with Crippen molar-refractivity contribution in [1.82, 2.24) is 4.98 Å². The zero-order valence-electron chi connectivity index (χ0n) is 8.42. The highest BCUT2D eigenvalue weighted by molar-refractivity contribution is 6.58. The van der Waals surface area contributed by atoms with Gasteiger partial charge in [0.25, 0.3) is 0 Å². The Bertz CT molecular complexity index is 303. The van der Waals surface area contributed by atoms with Crippen molar-refractivity contribution in [3.63, 3.8) is 0 Å². The number of rotatable bonds is 2. The third-order valence-electron chi connectivity index (χ3n) is 1.10. The van der Waals surface area contributed by atoms with E-state index in [0.717, 1.165) is 18.3 Å². The molecule has 1 aromatic rings. The lowest BCUT2D eigenvalue weighted by molar-refractivity contribution is 0.413. The molecule has 0 spiro atoms. The average molecular weight is 160 g/mol. The Morgan fingerprint density at radius 2 is 2.45 bits per heavy atom. The van der Waals surface area contributed by atoms with E-state index in [2.05, 4.69) is 9.72 Å². The van der Waals surface area contributed by atoms with Crippen LogP contribution in [0, 0.1) is 0 Å². The van der Waals surface area contributed by atoms with Gasteiger partial charge in [-0.25, -0.2) is 0 Å². The second-order valence-corrected chi connectivity index (χ2v) is 1.82. The Morgan fingerprint density at radius 1 is 1.64 bits per heavy atom. The molecule has 0 atom stereocenters. The van der Waals surface area contributed by atoms with E-state index in [0.29, 0.717) is 0 Å². The van der Waals surface area contributed by atoms with Gasteiger partial charge in [-0.3, -0.25) is 13.6 Å². The molecule has 0 fully saturated rings. The third-order valence-corrected chi connectivity index (χ3v) is 1.10. The molecule has 5 heteroatoms. The van der Waals surface area contributed by atoms with Crippen molar-refractivity contribution >= 4 is 12.9 Å². The molecule has 0 saturated heterocycles. The molecule has 0 aliphatic heterocycles. The summed E-state index contributed by atoms with van der Waals surface area (Å²) in [5.74, 6) is -0.0607. The lowest BCUT2D eigenvalue weighted by atomic mass is 9.92. The summed E-state index contributed by atoms with van der Waals surface area (Å²) in [6.45, 7) is 0. The summed E-state index contributed by atoms with van der Waals surface area (Å²) >= 11 is 0. The molecule has 0 aliphatic carbocycles. The first-order valence-electron chi connectivity index (χ1n) is 4.31. The summed E-state index contributed by atoms with van der Waals surface area (Å²) in [7, 11) is -5.26. The highest BCUT2D eigenvalue weighted by Crippen LogP contribution is 2.03. The standard InChI is InChI=1S/C6H6BF2NO/c1-11-5-2-3-6(7(8)9)10-4-5/h2-4H,1H3/i1D3. The van der Waals surface area contributed by atoms with Crippen molar-refractivity contribution in [3.05, 3.63) is 18.3 Å². The van der Waals surface area contributed by atoms with E-state index in [-0.39, 0.29) is 5.75 Å². The molecule has 0 N–H and O–H groups in total. The maximum Gasteiger partial charge on any atom is 0.590 e. The predicted octanol–water partition coefficient (Wildman–Crippen LogP) is 0.724. The van der Waals surface area contributed by atoms with Gasteiger partial charge in [0, 0.05) is 0 Å². The minimum Gasteiger partial charge on any atom is -0.495 e. The second-order valence-electron chi connectivity index (χ2n) is 1.82. The second kappa shape index (κ2) is 3.32. The van der Waals surface area contributed by atoms with E-state index >= 15 is 0 Å². The Morgan fingerprint density at radius 3 is 2.91 bits per heavy atom. The Hall–Kier alpha value is -1.13. The predicted molar refractivity (Wildman–Crippen MR) is 38.4 cm³/mol. The van der Waals surface area contributed by atoms with Crippen LogP contribution in [0.25, 0.3) is 0 Å². The Balaban J connectivity index is 2.74. The number of ether oxygens (including phenoxy) is 1. The average Bonchev–Trinajstić information content (AvgIpc) is 2.02. The Kier molecular flexibility index (Phi) is 1.42. The van der Waals surface area contributed by atoms with Crippen LogP contribution in [0.1, 0.15) is 4.11 Å². The summed E-state index contributed by atoms with van der Waals surface area (Å²) in [6.07, 6.45) is 0.952. The van der Waals surface area contributed by atoms with E-state index in [1.54, 1.807) is 0 Å². The maximum absolute atomic E-state index is 12.0. The number of hydrogen-bond acceptors (Lipinski definition) is 2. The lowest BCUT2D eigenvalue weighted by Gasteiger charge is -1.98. The molecule has 1 rings (SSSR count). The Labute approximate surface area is 67.6 Å². The first-order chi connectivity index (χ1) is 6.38. The van der Waals surface area contributed by atoms with Crippen molar-refractivity contribution in [1.29, 1.82) is 0 Å². The van der Waals surface area contributed by atoms with Crippen LogP contribution in [0.4, 0.5) is 8.63 Å². The van der Waals surface area contributed by atoms with Gasteiger partial charge in [0.2, 0.25) is 0 Å². The molecule has 1 heterocycles. The van der Waals surface area contributed by atoms with Gasteiger partial charge in [0.15, 0.2) is 0 Å². The minimum atomic E-state index is -2.67. The zero-order valence-corrected chi connectivity index (χ0v) is 5.42. The molecule has 0 radical (unpaired) electrons. The van der Waals surface area contributed by atoms with Crippen LogP contribution in [0.3, 0.4) is 0 Å². The first kappa shape index (κ1) is 4.69. The number of methoxy groups -OCH3 is 1. The molecule has 0 unspecified atom stereocenters. The monoisotopic (exact) mass is 160 g/mol. The normalized spacial score (nSPS) is 14.5. The van der Waals surface area contributed by atoms with E-state index in [1.165, 1.54) is 0 Å². The highest BCUT2D eigenvalue weighted by Gasteiger charge is 2.16. The van der Waals surface area contributed by atoms with E-state index in [1.807, 2.05) is 0 Å². The molecular formula is C6H6BF2NO. The third kappa shape index (κ3) is 1.90. The van der Waals surface area contributed by atoms with Crippen LogP contribution in [0.5, 0.6) is 5.75 Å². The van der Waals surface area contributed by atoms with Gasteiger partial charge in [-0.2, -0.15) is 0 Å². The largest absolute Gasteiger partial charge is 0.590 e. The fraction of sp³-hybridized carbons (Fsp3) is 0.167. The topological polar surface area (TPSA) is 22.1 Å². The number of pyridine rings is 1. The van der Waals surface area contributed by atoms with Crippen molar-refractivity contribution < 1.29 is 17.5 Å². The van der Waals surface area contributed by atoms with Gasteiger partial charge in [-0.15, -0.1) is 0 Å². The van der Waals surface area contributed by atoms with Crippen molar-refractivity contribution in [2.45, 2.75) is 0 Å². The molecule has 0 aromatic carbocycles. The van der Waals surface area contributed by atoms with Gasteiger partial charge < -0.3 is 4.74 Å². The fourth-order valence-corrected chi connectivity index (χ4v) is 0.581. The zero-order chi connectivity index (χ0) is 10.8. The summed E-state index contributed by atoms with van der Waals surface area (Å²) in [6, 6.07) is 2.16. The lowest BCUT2D eigenvalue weighted by Crippen LogP contribution is -2.23. The summed E-state index contributed by atoms with van der Waals surface area (Å²) in [5, 5.41) is 0. The van der Waals surface area contributed by atoms with Crippen LogP contribution in [-0.2, 0) is 0 Å². The minimum absolute atomic E-state index is 0.0607. The van der Waals surface area contributed by atoms with Crippen molar-refractivity contribution in [2.24, 2.45) is 0 Å². The van der Waals surface area contributed by atoms with Gasteiger partial charge >= 0.3 is 7.27 Å². The SMILES string of the molecule is [2H]C([2H])([2H])Oc1ccc(B(F)F)nc1. The molecule has 0 aliphatic rings. The molecular weight excluding hydrogens is 151 g/mol. The van der Waals surface area contributed by atoms with E-state index < -0.39 is 19.9 Å². The number of halogens is 2. The quantitative estimate of drug-likeness (QED) is 0.594. The molecule has 0 saturated carbocycles. The van der Waals surface area contributed by atoms with Crippen LogP contribution in [0.2, 0.25) is 0 Å². The molecule has 58 valence electrons. The van der Waals surface area contributed by atoms with Gasteiger partial charge in [-0.1, -0.05) is 0 Å². The van der Waals surface area contributed by atoms with Crippen LogP contribution < -0.4 is 10.3 Å². The first-order valence-corrected chi connectivity index (χ1v) is 2.81. The van der Waals surface area contributed by atoms with Crippen LogP contribution in [-0.4, -0.2) is 19.3 Å². The summed E-state index contributed by atoms with van der Waals surface area (Å²) < 4.78 is 48.7. The summed E-state index contributed by atoms with van der Waals surface area (Å²) in [5.41, 5.74) is -0.414. The maximum atomic E-state index is 12.0. The van der Waals surface area contributed by atoms with Crippen molar-refractivity contribution in [2.75, 3.05) is 7.04 Å². The molecule has 0 bridgehead atoms. The van der Waals surface area contributed by atoms with Gasteiger partial charge in [0.05, 0.1) is 22.9 Å². The fourth-order valence-electron chi connectivity index (χ4n) is 0.581. The highest BCUT2D eigenvalue weighted by atomic mass is 19.2. The van der Waals surface area contributed by atoms with Crippen LogP contribution >= 0.6 is 0 Å². The van der Waals surface area contributed by atoms with Crippen LogP contribution in [0.15, 0.2) is 18.3 Å². The molecule has 0 amide bonds. The van der Waals surface area contributed by atoms with Crippen molar-refractivity contribution in [3.8, 4) is 5.75 Å². The van der Waals surface area contributed by atoms with E-state index in [4.69, 9.17) is 4.11 Å². The molecule has 2 nitrogen and oxygen atoms in total. The van der Waals surface area contributed by atoms with Gasteiger partial charge in [0.1, 0.15) is 5.75 Å². The number of hydrogen-bond donors (Lipinski definition) is 0. The number of nitrogens with zero attached hydrogens (tertiary/aromatic N) is 1. The molecule has 11 heavy (non-hydrogen) atoms.